The number of rotatable bonds is 13. The van der Waals surface area contributed by atoms with Gasteiger partial charge in [-0.25, -0.2) is 13.2 Å². The van der Waals surface area contributed by atoms with Crippen LogP contribution in [0.1, 0.15) is 88.7 Å². The lowest BCUT2D eigenvalue weighted by atomic mass is 9.76. The quantitative estimate of drug-likeness (QED) is 0.202. The van der Waals surface area contributed by atoms with E-state index in [1.807, 2.05) is 18.2 Å². The van der Waals surface area contributed by atoms with E-state index >= 15 is 8.78 Å². The van der Waals surface area contributed by atoms with Crippen LogP contribution in [-0.2, 0) is 6.42 Å². The monoisotopic (exact) mass is 538 g/mol. The van der Waals surface area contributed by atoms with Gasteiger partial charge in [0.15, 0.2) is 23.2 Å². The van der Waals surface area contributed by atoms with Crippen LogP contribution in [0, 0.1) is 23.4 Å². The Kier molecular flexibility index (Phi) is 10.8. The van der Waals surface area contributed by atoms with Crippen LogP contribution in [0.25, 0.3) is 11.1 Å². The normalized spacial score (nSPS) is 17.3. The minimum absolute atomic E-state index is 0.0242. The van der Waals surface area contributed by atoms with E-state index in [0.29, 0.717) is 36.0 Å². The third-order valence-corrected chi connectivity index (χ3v) is 7.92. The van der Waals surface area contributed by atoms with Crippen molar-refractivity contribution in [2.75, 3.05) is 13.2 Å². The van der Waals surface area contributed by atoms with E-state index in [9.17, 15) is 4.39 Å². The molecule has 0 radical (unpaired) electrons. The fourth-order valence-electron chi connectivity index (χ4n) is 5.44. The van der Waals surface area contributed by atoms with Gasteiger partial charge in [-0.15, -0.1) is 0 Å². The van der Waals surface area contributed by atoms with Crippen LogP contribution in [0.2, 0.25) is 0 Å². The molecular formula is C34H41F3O2. The zero-order valence-electron chi connectivity index (χ0n) is 23.3. The van der Waals surface area contributed by atoms with Gasteiger partial charge in [0.25, 0.3) is 0 Å². The van der Waals surface area contributed by atoms with Crippen LogP contribution < -0.4 is 9.47 Å². The highest BCUT2D eigenvalue weighted by atomic mass is 19.2. The minimum atomic E-state index is -0.779. The second kappa shape index (κ2) is 14.4. The smallest absolute Gasteiger partial charge is 0.166 e. The van der Waals surface area contributed by atoms with Crippen molar-refractivity contribution >= 4 is 0 Å². The molecule has 0 unspecified atom stereocenters. The number of halogens is 3. The van der Waals surface area contributed by atoms with E-state index in [4.69, 9.17) is 9.47 Å². The number of hydrogen-bond donors (Lipinski definition) is 0. The molecule has 210 valence electrons. The average molecular weight is 539 g/mol. The van der Waals surface area contributed by atoms with Gasteiger partial charge >= 0.3 is 0 Å². The summed E-state index contributed by atoms with van der Waals surface area (Å²) in [7, 11) is 0. The van der Waals surface area contributed by atoms with Gasteiger partial charge in [-0.1, -0.05) is 57.0 Å². The summed E-state index contributed by atoms with van der Waals surface area (Å²) in [6, 6.07) is 15.9. The summed E-state index contributed by atoms with van der Waals surface area (Å²) >= 11 is 0. The predicted octanol–water partition coefficient (Wildman–Crippen LogP) is 10.0. The predicted molar refractivity (Wildman–Crippen MR) is 152 cm³/mol. The summed E-state index contributed by atoms with van der Waals surface area (Å²) in [5.41, 5.74) is 2.37. The van der Waals surface area contributed by atoms with Gasteiger partial charge in [0, 0.05) is 5.56 Å². The zero-order chi connectivity index (χ0) is 27.6. The Labute approximate surface area is 231 Å². The van der Waals surface area contributed by atoms with Crippen LogP contribution in [0.4, 0.5) is 13.2 Å². The maximum atomic E-state index is 15.2. The lowest BCUT2D eigenvalue weighted by Crippen LogP contribution is -2.15. The van der Waals surface area contributed by atoms with Gasteiger partial charge in [0.1, 0.15) is 5.75 Å². The number of hydrogen-bond acceptors (Lipinski definition) is 2. The topological polar surface area (TPSA) is 18.5 Å². The Morgan fingerprint density at radius 1 is 0.744 bits per heavy atom. The van der Waals surface area contributed by atoms with Crippen molar-refractivity contribution in [3.63, 3.8) is 0 Å². The molecule has 0 atom stereocenters. The maximum absolute atomic E-state index is 15.2. The first-order valence-corrected chi connectivity index (χ1v) is 14.6. The summed E-state index contributed by atoms with van der Waals surface area (Å²) in [6.45, 7) is 5.36. The molecular weight excluding hydrogens is 497 g/mol. The Bertz CT molecular complexity index is 1180. The lowest BCUT2D eigenvalue weighted by Gasteiger charge is -2.29. The van der Waals surface area contributed by atoms with Gasteiger partial charge in [-0.2, -0.15) is 0 Å². The maximum Gasteiger partial charge on any atom is 0.166 e. The molecule has 3 aromatic carbocycles. The summed E-state index contributed by atoms with van der Waals surface area (Å²) in [5.74, 6) is -0.216. The van der Waals surface area contributed by atoms with Crippen LogP contribution in [0.3, 0.4) is 0 Å². The summed E-state index contributed by atoms with van der Waals surface area (Å²) in [4.78, 5) is 0. The molecule has 0 bridgehead atoms. The highest BCUT2D eigenvalue weighted by Gasteiger charge is 2.26. The van der Waals surface area contributed by atoms with Crippen molar-refractivity contribution in [3.05, 3.63) is 83.2 Å². The molecule has 0 aromatic heterocycles. The summed E-state index contributed by atoms with van der Waals surface area (Å²) in [5, 5.41) is 0. The van der Waals surface area contributed by atoms with Gasteiger partial charge in [0.2, 0.25) is 0 Å². The van der Waals surface area contributed by atoms with Gasteiger partial charge < -0.3 is 9.47 Å². The highest BCUT2D eigenvalue weighted by molar-refractivity contribution is 5.65. The Hall–Kier alpha value is -2.95. The molecule has 2 nitrogen and oxygen atoms in total. The van der Waals surface area contributed by atoms with Crippen LogP contribution >= 0.6 is 0 Å². The zero-order valence-corrected chi connectivity index (χ0v) is 23.3. The first-order valence-electron chi connectivity index (χ1n) is 14.6. The molecule has 0 amide bonds. The fourth-order valence-corrected chi connectivity index (χ4v) is 5.44. The largest absolute Gasteiger partial charge is 0.494 e. The molecule has 1 saturated carbocycles. The molecule has 39 heavy (non-hydrogen) atoms. The molecule has 5 heteroatoms. The van der Waals surface area contributed by atoms with Gasteiger partial charge in [-0.3, -0.25) is 0 Å². The molecule has 1 aliphatic rings. The molecule has 0 aliphatic heterocycles. The Morgan fingerprint density at radius 2 is 1.44 bits per heavy atom. The third-order valence-electron chi connectivity index (χ3n) is 7.92. The van der Waals surface area contributed by atoms with Gasteiger partial charge in [-0.05, 0) is 104 Å². The summed E-state index contributed by atoms with van der Waals surface area (Å²) in [6.07, 6.45) is 9.34. The van der Waals surface area contributed by atoms with E-state index in [1.54, 1.807) is 36.4 Å². The molecule has 0 heterocycles. The van der Waals surface area contributed by atoms with Crippen LogP contribution in [-0.4, -0.2) is 13.2 Å². The van der Waals surface area contributed by atoms with Crippen molar-refractivity contribution < 1.29 is 22.6 Å². The Morgan fingerprint density at radius 3 is 2.10 bits per heavy atom. The van der Waals surface area contributed by atoms with E-state index in [1.165, 1.54) is 0 Å². The fraction of sp³-hybridized carbons (Fsp3) is 0.471. The van der Waals surface area contributed by atoms with E-state index in [-0.39, 0.29) is 17.3 Å². The molecule has 1 fully saturated rings. The van der Waals surface area contributed by atoms with Crippen molar-refractivity contribution in [2.45, 2.75) is 84.0 Å². The third kappa shape index (κ3) is 7.80. The van der Waals surface area contributed by atoms with E-state index < -0.39 is 11.6 Å². The lowest BCUT2D eigenvalue weighted by molar-refractivity contribution is 0.293. The number of benzene rings is 3. The molecule has 3 aromatic rings. The molecule has 4 rings (SSSR count). The standard InChI is InChI=1S/C34H41F3O2/c1-3-5-21-38-28-16-14-27(15-17-28)30-19-18-29(33(36)34(30)37)26-12-9-24(10-13-26)7-8-25-11-20-32(31(35)23-25)39-22-6-4-2/h11,14-20,23-24,26H,3-10,12-13,21-22H2,1-2H3. The number of unbranched alkanes of at least 4 members (excludes halogenated alkanes) is 2. The van der Waals surface area contributed by atoms with E-state index in [0.717, 1.165) is 75.5 Å². The first kappa shape index (κ1) is 29.0. The number of aryl methyl sites for hydroxylation is 1. The highest BCUT2D eigenvalue weighted by Crippen LogP contribution is 2.40. The second-order valence-corrected chi connectivity index (χ2v) is 10.8. The number of ether oxygens (including phenoxy) is 2. The Balaban J connectivity index is 1.30. The van der Waals surface area contributed by atoms with Crippen LogP contribution in [0.15, 0.2) is 54.6 Å². The molecule has 1 aliphatic carbocycles. The SMILES string of the molecule is CCCCOc1ccc(-c2ccc(C3CCC(CCc4ccc(OCCCC)c(F)c4)CC3)c(F)c2F)cc1. The van der Waals surface area contributed by atoms with Gasteiger partial charge in [0.05, 0.1) is 13.2 Å². The molecule has 0 spiro atoms. The van der Waals surface area contributed by atoms with Crippen molar-refractivity contribution in [1.29, 1.82) is 0 Å². The molecule has 0 saturated heterocycles. The second-order valence-electron chi connectivity index (χ2n) is 10.8. The average Bonchev–Trinajstić information content (AvgIpc) is 2.95. The van der Waals surface area contributed by atoms with Crippen molar-refractivity contribution in [2.24, 2.45) is 5.92 Å². The minimum Gasteiger partial charge on any atom is -0.494 e. The van der Waals surface area contributed by atoms with Crippen LogP contribution in [0.5, 0.6) is 11.5 Å². The van der Waals surface area contributed by atoms with Crippen molar-refractivity contribution in [3.8, 4) is 22.6 Å². The van der Waals surface area contributed by atoms with Crippen molar-refractivity contribution in [1.82, 2.24) is 0 Å². The summed E-state index contributed by atoms with van der Waals surface area (Å²) < 4.78 is 55.9. The first-order chi connectivity index (χ1) is 19.0. The molecule has 0 N–H and O–H groups in total. The van der Waals surface area contributed by atoms with E-state index in [2.05, 4.69) is 13.8 Å².